The van der Waals surface area contributed by atoms with Crippen LogP contribution in [0.5, 0.6) is 0 Å². The van der Waals surface area contributed by atoms with E-state index in [1.807, 2.05) is 0 Å². The predicted molar refractivity (Wildman–Crippen MR) is 165 cm³/mol. The second-order valence-electron chi connectivity index (χ2n) is 9.05. The molecule has 0 aliphatic carbocycles. The van der Waals surface area contributed by atoms with Gasteiger partial charge in [-0.1, -0.05) is 59.0 Å². The van der Waals surface area contributed by atoms with Crippen LogP contribution in [0, 0.1) is 0 Å². The molecule has 0 spiro atoms. The Labute approximate surface area is 289 Å². The third kappa shape index (κ3) is 9.83. The van der Waals surface area contributed by atoms with Gasteiger partial charge in [-0.2, -0.15) is 16.8 Å². The van der Waals surface area contributed by atoms with Crippen molar-refractivity contribution in [1.82, 2.24) is 0 Å². The molecule has 0 saturated carbocycles. The second-order valence-corrected chi connectivity index (χ2v) is 11.8. The third-order valence-corrected chi connectivity index (χ3v) is 7.79. The van der Waals surface area contributed by atoms with E-state index >= 15 is 0 Å². The number of carboxylic acid groups (broad SMARTS) is 2. The molecular formula is C28H22N6NaO10S2+. The largest absolute Gasteiger partial charge is 1.00 e. The molecule has 0 radical (unpaired) electrons. The number of carbonyl (C=O) groups is 2. The minimum atomic E-state index is -4.83. The number of benzene rings is 4. The summed E-state index contributed by atoms with van der Waals surface area (Å²) in [5.41, 5.74) is 4.68. The molecule has 16 nitrogen and oxygen atoms in total. The van der Waals surface area contributed by atoms with E-state index in [1.54, 1.807) is 12.1 Å². The van der Waals surface area contributed by atoms with Crippen molar-refractivity contribution in [3.63, 3.8) is 0 Å². The van der Waals surface area contributed by atoms with E-state index in [0.29, 0.717) is 0 Å². The van der Waals surface area contributed by atoms with Crippen LogP contribution in [0.4, 0.5) is 22.7 Å². The molecule has 0 saturated heterocycles. The molecule has 0 atom stereocenters. The van der Waals surface area contributed by atoms with E-state index in [-0.39, 0.29) is 74.6 Å². The first-order valence-electron chi connectivity index (χ1n) is 12.6. The Morgan fingerprint density at radius 2 is 1.17 bits per heavy atom. The summed E-state index contributed by atoms with van der Waals surface area (Å²) in [4.78, 5) is 21.5. The van der Waals surface area contributed by atoms with Crippen LogP contribution in [0.3, 0.4) is 0 Å². The minimum absolute atomic E-state index is 0. The molecule has 0 aromatic heterocycles. The Kier molecular flexibility index (Phi) is 12.2. The molecule has 0 aliphatic rings. The first kappa shape index (κ1) is 36.6. The van der Waals surface area contributed by atoms with Crippen LogP contribution in [-0.4, -0.2) is 48.1 Å². The molecule has 0 unspecified atom stereocenters. The van der Waals surface area contributed by atoms with Gasteiger partial charge in [-0.25, -0.2) is 9.59 Å². The SMILES string of the molecule is O=C(O)c1ccccc1N=NNc1ccc(/C=C/c2ccc(N=NNc3ccccc3C(=O)O)cc2S(=O)(=O)O)c(S(=O)(=O)O)c1.[Na+]. The minimum Gasteiger partial charge on any atom is -0.478 e. The summed E-state index contributed by atoms with van der Waals surface area (Å²) in [6.07, 6.45) is 2.35. The third-order valence-electron chi connectivity index (χ3n) is 5.97. The summed E-state index contributed by atoms with van der Waals surface area (Å²) < 4.78 is 68.2. The molecule has 0 fully saturated rings. The van der Waals surface area contributed by atoms with Crippen LogP contribution in [0.25, 0.3) is 12.2 Å². The molecule has 6 N–H and O–H groups in total. The van der Waals surface area contributed by atoms with Gasteiger partial charge in [0.2, 0.25) is 0 Å². The number of rotatable bonds is 12. The molecule has 0 bridgehead atoms. The smallest absolute Gasteiger partial charge is 0.478 e. The Balaban J connectivity index is 0.00000600. The summed E-state index contributed by atoms with van der Waals surface area (Å²) in [6.45, 7) is 0. The van der Waals surface area contributed by atoms with E-state index < -0.39 is 42.0 Å². The van der Waals surface area contributed by atoms with Crippen molar-refractivity contribution in [2.45, 2.75) is 9.79 Å². The van der Waals surface area contributed by atoms with Crippen molar-refractivity contribution in [3.05, 3.63) is 107 Å². The van der Waals surface area contributed by atoms with Gasteiger partial charge in [0.1, 0.15) is 15.5 Å². The summed E-state index contributed by atoms with van der Waals surface area (Å²) in [5, 5.41) is 33.4. The molecule has 19 heteroatoms. The number of anilines is 2. The number of nitrogens with one attached hydrogen (secondary N) is 2. The monoisotopic (exact) mass is 689 g/mol. The van der Waals surface area contributed by atoms with Crippen molar-refractivity contribution in [2.24, 2.45) is 20.7 Å². The number of hydrogen-bond donors (Lipinski definition) is 6. The maximum absolute atomic E-state index is 12.1. The fraction of sp³-hybridized carbons (Fsp3) is 0. The fourth-order valence-corrected chi connectivity index (χ4v) is 5.29. The van der Waals surface area contributed by atoms with Crippen LogP contribution < -0.4 is 40.4 Å². The quantitative estimate of drug-likeness (QED) is 0.0413. The van der Waals surface area contributed by atoms with Crippen molar-refractivity contribution < 1.29 is 75.3 Å². The molecule has 236 valence electrons. The first-order chi connectivity index (χ1) is 21.7. The van der Waals surface area contributed by atoms with Gasteiger partial charge in [-0.05, 0) is 59.7 Å². The molecule has 0 amide bonds. The Morgan fingerprint density at radius 1 is 0.638 bits per heavy atom. The standard InChI is InChI=1S/C28H22N6O10S2.Na/c35-27(36)21-5-1-3-7-23(21)31-33-29-19-13-11-17(25(15-19)45(39,40)41)9-10-18-12-14-20(16-26(18)46(42,43)44)30-34-32-24-8-4-2-6-22(24)28(37)38;/h1-16H,(H,29,31)(H,30,32)(H,35,36)(H,37,38)(H,39,40,41)(H,42,43,44);/q;+1/b10-9+;. The average molecular weight is 690 g/mol. The maximum Gasteiger partial charge on any atom is 1.00 e. The molecule has 4 rings (SSSR count). The zero-order valence-electron chi connectivity index (χ0n) is 24.1. The normalized spacial score (nSPS) is 11.9. The van der Waals surface area contributed by atoms with Gasteiger partial charge in [0, 0.05) is 0 Å². The van der Waals surface area contributed by atoms with E-state index in [4.69, 9.17) is 0 Å². The molecular weight excluding hydrogens is 667 g/mol. The molecule has 4 aromatic rings. The van der Waals surface area contributed by atoms with Gasteiger partial charge >= 0.3 is 41.5 Å². The van der Waals surface area contributed by atoms with E-state index in [0.717, 1.165) is 12.1 Å². The summed E-state index contributed by atoms with van der Waals surface area (Å²) >= 11 is 0. The van der Waals surface area contributed by atoms with E-state index in [9.17, 15) is 45.7 Å². The predicted octanol–water partition coefficient (Wildman–Crippen LogP) is 2.97. The van der Waals surface area contributed by atoms with Crippen LogP contribution in [0.2, 0.25) is 0 Å². The number of para-hydroxylation sites is 1. The number of nitrogens with zero attached hydrogens (tertiary/aromatic N) is 4. The molecule has 47 heavy (non-hydrogen) atoms. The van der Waals surface area contributed by atoms with Crippen LogP contribution >= 0.6 is 0 Å². The molecule has 4 aromatic carbocycles. The van der Waals surface area contributed by atoms with Crippen LogP contribution in [-0.2, 0) is 20.2 Å². The van der Waals surface area contributed by atoms with Crippen molar-refractivity contribution >= 4 is 67.1 Å². The fourth-order valence-electron chi connectivity index (χ4n) is 3.87. The van der Waals surface area contributed by atoms with Crippen LogP contribution in [0.15, 0.2) is 115 Å². The maximum atomic E-state index is 12.1. The van der Waals surface area contributed by atoms with Gasteiger partial charge in [-0.3, -0.25) is 20.0 Å². The van der Waals surface area contributed by atoms with Gasteiger partial charge in [0.15, 0.2) is 0 Å². The number of hydrogen-bond acceptors (Lipinski definition) is 10. The van der Waals surface area contributed by atoms with Crippen molar-refractivity contribution in [2.75, 3.05) is 10.9 Å². The Hall–Kier alpha value is -4.82. The Morgan fingerprint density at radius 3 is 1.79 bits per heavy atom. The van der Waals surface area contributed by atoms with E-state index in [1.165, 1.54) is 72.8 Å². The summed E-state index contributed by atoms with van der Waals surface area (Å²) in [7, 11) is -9.65. The van der Waals surface area contributed by atoms with Gasteiger partial charge < -0.3 is 10.2 Å². The van der Waals surface area contributed by atoms with Crippen molar-refractivity contribution in [1.29, 1.82) is 0 Å². The topological polar surface area (TPSA) is 257 Å². The zero-order chi connectivity index (χ0) is 33.5. The Bertz CT molecular complexity index is 2140. The van der Waals surface area contributed by atoms with Gasteiger partial charge in [0.05, 0.1) is 28.2 Å². The average Bonchev–Trinajstić information content (AvgIpc) is 3.00. The summed E-state index contributed by atoms with van der Waals surface area (Å²) in [6, 6.07) is 18.8. The molecule has 0 aliphatic heterocycles. The van der Waals surface area contributed by atoms with Crippen LogP contribution in [0.1, 0.15) is 31.8 Å². The van der Waals surface area contributed by atoms with E-state index in [2.05, 4.69) is 31.5 Å². The van der Waals surface area contributed by atoms with Crippen molar-refractivity contribution in [3.8, 4) is 0 Å². The van der Waals surface area contributed by atoms with Gasteiger partial charge in [0.25, 0.3) is 20.2 Å². The summed E-state index contributed by atoms with van der Waals surface area (Å²) in [5.74, 6) is -2.44. The molecule has 0 heterocycles. The number of aromatic carboxylic acids is 2. The zero-order valence-corrected chi connectivity index (χ0v) is 27.7. The second kappa shape index (κ2) is 15.6. The number of carboxylic acids is 2. The first-order valence-corrected chi connectivity index (χ1v) is 15.5. The van der Waals surface area contributed by atoms with Gasteiger partial charge in [-0.15, -0.1) is 10.2 Å².